The Morgan fingerprint density at radius 1 is 1.47 bits per heavy atom. The van der Waals surface area contributed by atoms with Crippen LogP contribution in [0.5, 0.6) is 0 Å². The van der Waals surface area contributed by atoms with Crippen LogP contribution in [-0.2, 0) is 13.1 Å². The van der Waals surface area contributed by atoms with Gasteiger partial charge in [-0.1, -0.05) is 13.0 Å². The highest BCUT2D eigenvalue weighted by Crippen LogP contribution is 1.94. The lowest BCUT2D eigenvalue weighted by Gasteiger charge is -2.11. The van der Waals surface area contributed by atoms with Gasteiger partial charge in [0, 0.05) is 30.9 Å². The maximum Gasteiger partial charge on any atom is 0.255 e. The number of hydrogen-bond donors (Lipinski definition) is 1. The van der Waals surface area contributed by atoms with Crippen LogP contribution >= 0.6 is 0 Å². The third kappa shape index (κ3) is 3.20. The van der Waals surface area contributed by atoms with E-state index in [9.17, 15) is 4.79 Å². The van der Waals surface area contributed by atoms with Crippen molar-refractivity contribution >= 4 is 0 Å². The molecule has 0 saturated heterocycles. The number of hydrogen-bond acceptors (Lipinski definition) is 2. The first kappa shape index (κ1) is 12.0. The number of aromatic nitrogens is 1. The second kappa shape index (κ2) is 5.71. The van der Waals surface area contributed by atoms with Crippen LogP contribution in [0.2, 0.25) is 0 Å². The van der Waals surface area contributed by atoms with Gasteiger partial charge in [-0.2, -0.15) is 0 Å². The van der Waals surface area contributed by atoms with Gasteiger partial charge in [0.2, 0.25) is 0 Å². The minimum absolute atomic E-state index is 0.121. The van der Waals surface area contributed by atoms with Gasteiger partial charge in [0.1, 0.15) is 0 Å². The van der Waals surface area contributed by atoms with E-state index in [4.69, 9.17) is 0 Å². The van der Waals surface area contributed by atoms with E-state index in [0.717, 1.165) is 18.5 Å². The molecule has 1 unspecified atom stereocenters. The van der Waals surface area contributed by atoms with E-state index in [1.165, 1.54) is 0 Å². The van der Waals surface area contributed by atoms with E-state index in [1.54, 1.807) is 4.57 Å². The summed E-state index contributed by atoms with van der Waals surface area (Å²) in [5, 5.41) is 3.33. The Morgan fingerprint density at radius 3 is 2.80 bits per heavy atom. The van der Waals surface area contributed by atoms with E-state index in [-0.39, 0.29) is 5.56 Å². The summed E-state index contributed by atoms with van der Waals surface area (Å²) < 4.78 is 1.73. The van der Waals surface area contributed by atoms with Crippen molar-refractivity contribution in [3.05, 3.63) is 34.2 Å². The topological polar surface area (TPSA) is 34.0 Å². The predicted octanol–water partition coefficient (Wildman–Crippen LogP) is 1.76. The average molecular weight is 208 g/mol. The minimum atomic E-state index is 0.121. The van der Waals surface area contributed by atoms with Crippen molar-refractivity contribution in [2.45, 2.75) is 46.3 Å². The Kier molecular flexibility index (Phi) is 4.56. The van der Waals surface area contributed by atoms with Gasteiger partial charge >= 0.3 is 0 Å². The van der Waals surface area contributed by atoms with E-state index < -0.39 is 0 Å². The average Bonchev–Trinajstić information content (AvgIpc) is 2.27. The Balaban J connectivity index is 2.73. The summed E-state index contributed by atoms with van der Waals surface area (Å²) in [7, 11) is 0. The van der Waals surface area contributed by atoms with E-state index in [0.29, 0.717) is 12.6 Å². The monoisotopic (exact) mass is 208 g/mol. The normalized spacial score (nSPS) is 12.7. The van der Waals surface area contributed by atoms with Gasteiger partial charge in [-0.25, -0.2) is 0 Å². The second-order valence-electron chi connectivity index (χ2n) is 3.81. The SMILES string of the molecule is CCC(C)NCc1cccn(CC)c1=O. The third-order valence-corrected chi connectivity index (χ3v) is 2.69. The molecule has 1 aromatic rings. The Morgan fingerprint density at radius 2 is 2.20 bits per heavy atom. The molecule has 0 radical (unpaired) electrons. The van der Waals surface area contributed by atoms with Crippen LogP contribution < -0.4 is 10.9 Å². The van der Waals surface area contributed by atoms with Crippen LogP contribution in [0, 0.1) is 0 Å². The smallest absolute Gasteiger partial charge is 0.255 e. The standard InChI is InChI=1S/C12H20N2O/c1-4-10(3)13-9-11-7-6-8-14(5-2)12(11)15/h6-8,10,13H,4-5,9H2,1-3H3. The van der Waals surface area contributed by atoms with Crippen LogP contribution in [0.25, 0.3) is 0 Å². The molecule has 15 heavy (non-hydrogen) atoms. The van der Waals surface area contributed by atoms with Gasteiger partial charge in [0.25, 0.3) is 5.56 Å². The van der Waals surface area contributed by atoms with Gasteiger partial charge in [-0.15, -0.1) is 0 Å². The lowest BCUT2D eigenvalue weighted by Crippen LogP contribution is -2.30. The van der Waals surface area contributed by atoms with Crippen molar-refractivity contribution < 1.29 is 0 Å². The number of rotatable bonds is 5. The molecule has 0 aliphatic rings. The molecule has 0 bridgehead atoms. The van der Waals surface area contributed by atoms with Gasteiger partial charge in [-0.05, 0) is 26.3 Å². The highest BCUT2D eigenvalue weighted by atomic mass is 16.1. The zero-order chi connectivity index (χ0) is 11.3. The molecule has 0 aliphatic heterocycles. The largest absolute Gasteiger partial charge is 0.316 e. The molecule has 1 heterocycles. The fraction of sp³-hybridized carbons (Fsp3) is 0.583. The summed E-state index contributed by atoms with van der Waals surface area (Å²) in [6.45, 7) is 7.63. The molecule has 0 spiro atoms. The molecule has 0 amide bonds. The van der Waals surface area contributed by atoms with Crippen molar-refractivity contribution in [3.8, 4) is 0 Å². The molecule has 0 aliphatic carbocycles. The summed E-state index contributed by atoms with van der Waals surface area (Å²) in [4.78, 5) is 11.8. The quantitative estimate of drug-likeness (QED) is 0.800. The Labute approximate surface area is 91.1 Å². The molecule has 0 fully saturated rings. The van der Waals surface area contributed by atoms with Crippen LogP contribution in [0.4, 0.5) is 0 Å². The van der Waals surface area contributed by atoms with Crippen LogP contribution in [0.15, 0.2) is 23.1 Å². The maximum absolute atomic E-state index is 11.8. The molecule has 0 saturated carbocycles. The molecular formula is C12H20N2O. The first-order chi connectivity index (χ1) is 7.19. The first-order valence-electron chi connectivity index (χ1n) is 5.60. The number of nitrogens with zero attached hydrogens (tertiary/aromatic N) is 1. The zero-order valence-electron chi connectivity index (χ0n) is 9.79. The lowest BCUT2D eigenvalue weighted by molar-refractivity contribution is 0.529. The fourth-order valence-corrected chi connectivity index (χ4v) is 1.40. The van der Waals surface area contributed by atoms with Gasteiger partial charge in [0.05, 0.1) is 0 Å². The molecule has 84 valence electrons. The molecule has 3 nitrogen and oxygen atoms in total. The third-order valence-electron chi connectivity index (χ3n) is 2.69. The van der Waals surface area contributed by atoms with Crippen LogP contribution in [0.1, 0.15) is 32.8 Å². The summed E-state index contributed by atoms with van der Waals surface area (Å²) in [5.74, 6) is 0. The van der Waals surface area contributed by atoms with Gasteiger partial charge in [0.15, 0.2) is 0 Å². The van der Waals surface area contributed by atoms with E-state index in [1.807, 2.05) is 25.3 Å². The summed E-state index contributed by atoms with van der Waals surface area (Å²) in [6, 6.07) is 4.28. The number of pyridine rings is 1. The molecule has 0 aromatic carbocycles. The molecular weight excluding hydrogens is 188 g/mol. The number of aryl methyl sites for hydroxylation is 1. The molecule has 1 aromatic heterocycles. The first-order valence-corrected chi connectivity index (χ1v) is 5.60. The highest BCUT2D eigenvalue weighted by Gasteiger charge is 2.03. The fourth-order valence-electron chi connectivity index (χ4n) is 1.40. The number of nitrogens with one attached hydrogen (secondary N) is 1. The molecule has 3 heteroatoms. The molecule has 1 N–H and O–H groups in total. The van der Waals surface area contributed by atoms with E-state index >= 15 is 0 Å². The van der Waals surface area contributed by atoms with Crippen molar-refractivity contribution in [1.82, 2.24) is 9.88 Å². The lowest BCUT2D eigenvalue weighted by atomic mass is 10.2. The van der Waals surface area contributed by atoms with Gasteiger partial charge in [-0.3, -0.25) is 4.79 Å². The van der Waals surface area contributed by atoms with Crippen molar-refractivity contribution in [3.63, 3.8) is 0 Å². The van der Waals surface area contributed by atoms with Crippen LogP contribution in [0.3, 0.4) is 0 Å². The predicted molar refractivity (Wildman–Crippen MR) is 63.0 cm³/mol. The maximum atomic E-state index is 11.8. The van der Waals surface area contributed by atoms with Crippen molar-refractivity contribution in [2.75, 3.05) is 0 Å². The summed E-state index contributed by atoms with van der Waals surface area (Å²) in [6.07, 6.45) is 2.91. The van der Waals surface area contributed by atoms with E-state index in [2.05, 4.69) is 19.2 Å². The summed E-state index contributed by atoms with van der Waals surface area (Å²) >= 11 is 0. The molecule has 1 atom stereocenters. The van der Waals surface area contributed by atoms with Crippen LogP contribution in [-0.4, -0.2) is 10.6 Å². The van der Waals surface area contributed by atoms with Gasteiger partial charge < -0.3 is 9.88 Å². The minimum Gasteiger partial charge on any atom is -0.316 e. The summed E-state index contributed by atoms with van der Waals surface area (Å²) in [5.41, 5.74) is 0.968. The zero-order valence-corrected chi connectivity index (χ0v) is 9.79. The van der Waals surface area contributed by atoms with Crippen molar-refractivity contribution in [1.29, 1.82) is 0 Å². The Hall–Kier alpha value is -1.09. The highest BCUT2D eigenvalue weighted by molar-refractivity contribution is 5.10. The molecule has 1 rings (SSSR count). The van der Waals surface area contributed by atoms with Crippen molar-refractivity contribution in [2.24, 2.45) is 0 Å². The Bertz CT molecular complexity index is 357. The second-order valence-corrected chi connectivity index (χ2v) is 3.81.